The van der Waals surface area contributed by atoms with Crippen LogP contribution in [0.1, 0.15) is 38.0 Å². The van der Waals surface area contributed by atoms with Crippen LogP contribution in [-0.2, 0) is 6.54 Å². The summed E-state index contributed by atoms with van der Waals surface area (Å²) >= 11 is 1.66. The molecule has 1 saturated heterocycles. The molecule has 1 aliphatic carbocycles. The molecule has 1 aliphatic heterocycles. The molecule has 1 N–H and O–H groups in total. The van der Waals surface area contributed by atoms with E-state index in [-0.39, 0.29) is 12.4 Å². The Morgan fingerprint density at radius 1 is 1.30 bits per heavy atom. The van der Waals surface area contributed by atoms with Crippen molar-refractivity contribution in [2.45, 2.75) is 44.2 Å². The van der Waals surface area contributed by atoms with Gasteiger partial charge in [-0.15, -0.1) is 12.4 Å². The minimum atomic E-state index is 0. The lowest BCUT2D eigenvalue weighted by molar-refractivity contribution is 0.0135. The summed E-state index contributed by atoms with van der Waals surface area (Å²) < 4.78 is 5.51. The Kier molecular flexibility index (Phi) is 5.36. The molecule has 0 atom stereocenters. The fourth-order valence-electron chi connectivity index (χ4n) is 3.83. The first-order chi connectivity index (χ1) is 10.9. The second kappa shape index (κ2) is 7.30. The maximum Gasteiger partial charge on any atom is 0.241 e. The highest BCUT2D eigenvalue weighted by molar-refractivity contribution is 7.08. The number of halogens is 1. The van der Waals surface area contributed by atoms with Gasteiger partial charge in [0.15, 0.2) is 0 Å². The third kappa shape index (κ3) is 3.45. The smallest absolute Gasteiger partial charge is 0.241 e. The molecule has 7 heteroatoms. The molecule has 2 aromatic rings. The summed E-state index contributed by atoms with van der Waals surface area (Å²) in [6, 6.07) is 2.03. The van der Waals surface area contributed by atoms with Crippen molar-refractivity contribution in [3.63, 3.8) is 0 Å². The maximum absolute atomic E-state index is 5.51. The summed E-state index contributed by atoms with van der Waals surface area (Å²) in [6.45, 7) is 3.99. The topological polar surface area (TPSA) is 54.2 Å². The van der Waals surface area contributed by atoms with Crippen molar-refractivity contribution in [1.29, 1.82) is 0 Å². The van der Waals surface area contributed by atoms with Gasteiger partial charge in [0, 0.05) is 36.1 Å². The zero-order valence-corrected chi connectivity index (χ0v) is 14.8. The van der Waals surface area contributed by atoms with Crippen LogP contribution in [0.2, 0.25) is 0 Å². The lowest BCUT2D eigenvalue weighted by Gasteiger charge is -2.49. The minimum Gasteiger partial charge on any atom is -0.338 e. The van der Waals surface area contributed by atoms with Crippen molar-refractivity contribution in [2.75, 3.05) is 19.6 Å². The predicted molar refractivity (Wildman–Crippen MR) is 94.0 cm³/mol. The van der Waals surface area contributed by atoms with E-state index in [4.69, 9.17) is 4.52 Å². The predicted octanol–water partition coefficient (Wildman–Crippen LogP) is 3.33. The fourth-order valence-corrected chi connectivity index (χ4v) is 4.46. The molecule has 2 aliphatic rings. The summed E-state index contributed by atoms with van der Waals surface area (Å²) in [6.07, 6.45) is 6.61. The Bertz CT molecular complexity index is 601. The Balaban J connectivity index is 0.00000156. The highest BCUT2D eigenvalue weighted by atomic mass is 35.5. The van der Waals surface area contributed by atoms with Gasteiger partial charge < -0.3 is 9.84 Å². The Labute approximate surface area is 146 Å². The van der Waals surface area contributed by atoms with Gasteiger partial charge >= 0.3 is 0 Å². The van der Waals surface area contributed by atoms with E-state index in [1.807, 2.05) is 11.4 Å². The maximum atomic E-state index is 5.51. The van der Waals surface area contributed by atoms with Gasteiger partial charge in [-0.3, -0.25) is 4.90 Å². The van der Waals surface area contributed by atoms with Gasteiger partial charge in [0.2, 0.25) is 11.7 Å². The molecule has 3 heterocycles. The zero-order chi connectivity index (χ0) is 14.8. The van der Waals surface area contributed by atoms with Crippen molar-refractivity contribution in [1.82, 2.24) is 20.4 Å². The number of rotatable bonds is 3. The van der Waals surface area contributed by atoms with Gasteiger partial charge in [0.1, 0.15) is 0 Å². The SMILES string of the molecule is Cl.c1cc(-c2noc(CN3CCNCC34CCCCC4)n2)cs1. The van der Waals surface area contributed by atoms with E-state index < -0.39 is 0 Å². The van der Waals surface area contributed by atoms with Crippen LogP contribution in [-0.4, -0.2) is 40.2 Å². The van der Waals surface area contributed by atoms with Gasteiger partial charge in [-0.25, -0.2) is 0 Å². The van der Waals surface area contributed by atoms with Crippen LogP contribution in [0.4, 0.5) is 0 Å². The third-order valence-electron chi connectivity index (χ3n) is 5.04. The number of nitrogens with one attached hydrogen (secondary N) is 1. The highest BCUT2D eigenvalue weighted by Gasteiger charge is 2.40. The molecule has 0 amide bonds. The molecule has 2 aromatic heterocycles. The Morgan fingerprint density at radius 3 is 2.96 bits per heavy atom. The van der Waals surface area contributed by atoms with E-state index in [9.17, 15) is 0 Å². The summed E-state index contributed by atoms with van der Waals surface area (Å²) in [4.78, 5) is 7.17. The van der Waals surface area contributed by atoms with Gasteiger partial charge in [-0.2, -0.15) is 16.3 Å². The molecule has 0 aromatic carbocycles. The summed E-state index contributed by atoms with van der Waals surface area (Å²) in [5.41, 5.74) is 1.35. The van der Waals surface area contributed by atoms with E-state index in [0.717, 1.165) is 37.6 Å². The molecular formula is C16H23ClN4OS. The van der Waals surface area contributed by atoms with Crippen LogP contribution < -0.4 is 5.32 Å². The van der Waals surface area contributed by atoms with E-state index in [0.29, 0.717) is 11.4 Å². The highest BCUT2D eigenvalue weighted by Crippen LogP contribution is 2.35. The van der Waals surface area contributed by atoms with E-state index in [2.05, 4.69) is 25.7 Å². The van der Waals surface area contributed by atoms with Crippen molar-refractivity contribution < 1.29 is 4.52 Å². The monoisotopic (exact) mass is 354 g/mol. The molecular weight excluding hydrogens is 332 g/mol. The summed E-state index contributed by atoms with van der Waals surface area (Å²) in [5.74, 6) is 1.46. The quantitative estimate of drug-likeness (QED) is 0.916. The van der Waals surface area contributed by atoms with Crippen LogP contribution in [0.25, 0.3) is 11.4 Å². The lowest BCUT2D eigenvalue weighted by atomic mass is 9.79. The average Bonchev–Trinajstić information content (AvgIpc) is 3.22. The number of aromatic nitrogens is 2. The van der Waals surface area contributed by atoms with Crippen molar-refractivity contribution >= 4 is 23.7 Å². The molecule has 1 spiro atoms. The van der Waals surface area contributed by atoms with Crippen LogP contribution in [0, 0.1) is 0 Å². The number of thiophene rings is 1. The van der Waals surface area contributed by atoms with Gasteiger partial charge in [0.05, 0.1) is 6.54 Å². The molecule has 4 rings (SSSR count). The van der Waals surface area contributed by atoms with Gasteiger partial charge in [-0.05, 0) is 24.3 Å². The largest absolute Gasteiger partial charge is 0.338 e. The van der Waals surface area contributed by atoms with Crippen LogP contribution in [0.3, 0.4) is 0 Å². The van der Waals surface area contributed by atoms with Gasteiger partial charge in [0.25, 0.3) is 0 Å². The molecule has 0 bridgehead atoms. The van der Waals surface area contributed by atoms with E-state index in [1.165, 1.54) is 32.1 Å². The lowest BCUT2D eigenvalue weighted by Crippen LogP contribution is -2.61. The number of hydrogen-bond acceptors (Lipinski definition) is 6. The first-order valence-corrected chi connectivity index (χ1v) is 9.11. The molecule has 2 fully saturated rings. The normalized spacial score (nSPS) is 21.2. The fraction of sp³-hybridized carbons (Fsp3) is 0.625. The number of piperazine rings is 1. The molecule has 1 saturated carbocycles. The summed E-state index contributed by atoms with van der Waals surface area (Å²) in [5, 5.41) is 11.8. The Hall–Kier alpha value is -0.950. The van der Waals surface area contributed by atoms with Crippen molar-refractivity contribution in [3.05, 3.63) is 22.7 Å². The summed E-state index contributed by atoms with van der Waals surface area (Å²) in [7, 11) is 0. The van der Waals surface area contributed by atoms with Crippen molar-refractivity contribution in [3.8, 4) is 11.4 Å². The zero-order valence-electron chi connectivity index (χ0n) is 13.2. The average molecular weight is 355 g/mol. The molecule has 0 radical (unpaired) electrons. The minimum absolute atomic E-state index is 0. The molecule has 126 valence electrons. The van der Waals surface area contributed by atoms with Crippen LogP contribution in [0.15, 0.2) is 21.3 Å². The van der Waals surface area contributed by atoms with Crippen molar-refractivity contribution in [2.24, 2.45) is 0 Å². The first-order valence-electron chi connectivity index (χ1n) is 8.17. The van der Waals surface area contributed by atoms with Crippen LogP contribution in [0.5, 0.6) is 0 Å². The third-order valence-corrected chi connectivity index (χ3v) is 5.72. The number of hydrogen-bond donors (Lipinski definition) is 1. The standard InChI is InChI=1S/C16H22N4OS.ClH/c1-2-5-16(6-3-1)12-17-7-8-20(16)10-14-18-15(19-21-14)13-4-9-22-11-13;/h4,9,11,17H,1-3,5-8,10,12H2;1H. The second-order valence-electron chi connectivity index (χ2n) is 6.41. The van der Waals surface area contributed by atoms with E-state index >= 15 is 0 Å². The second-order valence-corrected chi connectivity index (χ2v) is 7.19. The molecule has 0 unspecified atom stereocenters. The number of nitrogens with zero attached hydrogens (tertiary/aromatic N) is 3. The molecule has 23 heavy (non-hydrogen) atoms. The molecule has 5 nitrogen and oxygen atoms in total. The Morgan fingerprint density at radius 2 is 2.17 bits per heavy atom. The van der Waals surface area contributed by atoms with Crippen LogP contribution >= 0.6 is 23.7 Å². The van der Waals surface area contributed by atoms with E-state index in [1.54, 1.807) is 11.3 Å². The first kappa shape index (κ1) is 16.9. The van der Waals surface area contributed by atoms with Gasteiger partial charge in [-0.1, -0.05) is 24.4 Å².